The fraction of sp³-hybridized carbons (Fsp3) is 0.231. The van der Waals surface area contributed by atoms with Gasteiger partial charge in [0, 0.05) is 31.0 Å². The Morgan fingerprint density at radius 3 is 2.61 bits per heavy atom. The number of hydrogen-bond donors (Lipinski definition) is 2. The van der Waals surface area contributed by atoms with Crippen LogP contribution in [0.1, 0.15) is 11.1 Å². The van der Waals surface area contributed by atoms with Crippen molar-refractivity contribution in [1.82, 2.24) is 9.78 Å². The number of aromatic nitrogens is 2. The highest BCUT2D eigenvalue weighted by Gasteiger charge is 1.99. The fourth-order valence-electron chi connectivity index (χ4n) is 1.71. The van der Waals surface area contributed by atoms with Gasteiger partial charge in [-0.1, -0.05) is 12.1 Å². The zero-order valence-corrected chi connectivity index (χ0v) is 10.3. The Balaban J connectivity index is 1.92. The third-order valence-corrected chi connectivity index (χ3v) is 2.59. The molecule has 1 aromatic carbocycles. The molecule has 5 heteroatoms. The number of carbonyl (C=O) groups is 1. The van der Waals surface area contributed by atoms with Crippen molar-refractivity contribution in [2.75, 3.05) is 5.32 Å². The van der Waals surface area contributed by atoms with E-state index in [2.05, 4.69) is 10.4 Å². The molecule has 0 radical (unpaired) electrons. The molecule has 0 bridgehead atoms. The second kappa shape index (κ2) is 5.35. The Hall–Kier alpha value is -2.30. The van der Waals surface area contributed by atoms with E-state index in [1.165, 1.54) is 0 Å². The molecule has 0 aliphatic carbocycles. The minimum atomic E-state index is -0.314. The smallest absolute Gasteiger partial charge is 0.221 e. The summed E-state index contributed by atoms with van der Waals surface area (Å²) in [7, 11) is 1.89. The molecule has 0 saturated carbocycles. The minimum Gasteiger partial charge on any atom is -0.381 e. The average molecular weight is 244 g/mol. The molecule has 0 saturated heterocycles. The van der Waals surface area contributed by atoms with Crippen molar-refractivity contribution in [1.29, 1.82) is 0 Å². The maximum atomic E-state index is 10.8. The molecule has 1 aromatic heterocycles. The van der Waals surface area contributed by atoms with Gasteiger partial charge in [-0.15, -0.1) is 0 Å². The van der Waals surface area contributed by atoms with Gasteiger partial charge < -0.3 is 11.1 Å². The Morgan fingerprint density at radius 1 is 1.33 bits per heavy atom. The van der Waals surface area contributed by atoms with Crippen LogP contribution in [0, 0.1) is 0 Å². The number of benzene rings is 1. The number of anilines is 1. The van der Waals surface area contributed by atoms with Crippen LogP contribution in [-0.2, 0) is 24.8 Å². The summed E-state index contributed by atoms with van der Waals surface area (Å²) < 4.78 is 1.77. The molecule has 18 heavy (non-hydrogen) atoms. The highest BCUT2D eigenvalue weighted by Crippen LogP contribution is 2.11. The van der Waals surface area contributed by atoms with Crippen molar-refractivity contribution in [3.05, 3.63) is 47.8 Å². The Morgan fingerprint density at radius 2 is 2.06 bits per heavy atom. The summed E-state index contributed by atoms with van der Waals surface area (Å²) >= 11 is 0. The molecule has 0 aliphatic rings. The molecule has 1 amide bonds. The molecule has 3 N–H and O–H groups in total. The van der Waals surface area contributed by atoms with E-state index in [-0.39, 0.29) is 12.3 Å². The summed E-state index contributed by atoms with van der Waals surface area (Å²) in [4.78, 5) is 10.8. The van der Waals surface area contributed by atoms with Crippen molar-refractivity contribution >= 4 is 11.6 Å². The summed E-state index contributed by atoms with van der Waals surface area (Å²) in [6.45, 7) is 0.725. The van der Waals surface area contributed by atoms with E-state index in [9.17, 15) is 4.79 Å². The van der Waals surface area contributed by atoms with Gasteiger partial charge in [0.1, 0.15) is 0 Å². The number of primary amides is 1. The van der Waals surface area contributed by atoms with Crippen LogP contribution in [0.15, 0.2) is 36.7 Å². The van der Waals surface area contributed by atoms with Gasteiger partial charge >= 0.3 is 0 Å². The fourth-order valence-corrected chi connectivity index (χ4v) is 1.71. The highest BCUT2D eigenvalue weighted by molar-refractivity contribution is 5.76. The maximum absolute atomic E-state index is 10.8. The Bertz CT molecular complexity index is 530. The molecule has 0 aliphatic heterocycles. The summed E-state index contributed by atoms with van der Waals surface area (Å²) in [6.07, 6.45) is 4.08. The van der Waals surface area contributed by atoms with Gasteiger partial charge in [0.25, 0.3) is 0 Å². The summed E-state index contributed by atoms with van der Waals surface area (Å²) in [5.41, 5.74) is 8.19. The van der Waals surface area contributed by atoms with E-state index in [1.807, 2.05) is 43.7 Å². The van der Waals surface area contributed by atoms with Gasteiger partial charge in [-0.3, -0.25) is 9.48 Å². The van der Waals surface area contributed by atoms with Crippen LogP contribution in [0.25, 0.3) is 0 Å². The third-order valence-electron chi connectivity index (χ3n) is 2.59. The number of rotatable bonds is 5. The SMILES string of the molecule is Cn1cc(CNc2ccc(CC(N)=O)cc2)cn1. The van der Waals surface area contributed by atoms with Crippen molar-refractivity contribution in [2.24, 2.45) is 12.8 Å². The van der Waals surface area contributed by atoms with Crippen LogP contribution < -0.4 is 11.1 Å². The molecular formula is C13H16N4O. The van der Waals surface area contributed by atoms with Gasteiger partial charge in [-0.05, 0) is 17.7 Å². The molecular weight excluding hydrogens is 228 g/mol. The van der Waals surface area contributed by atoms with Gasteiger partial charge in [-0.2, -0.15) is 5.10 Å². The molecule has 2 aromatic rings. The lowest BCUT2D eigenvalue weighted by molar-refractivity contribution is -0.117. The van der Waals surface area contributed by atoms with E-state index < -0.39 is 0 Å². The number of amides is 1. The average Bonchev–Trinajstić information content (AvgIpc) is 2.74. The maximum Gasteiger partial charge on any atom is 0.221 e. The molecule has 5 nitrogen and oxygen atoms in total. The highest BCUT2D eigenvalue weighted by atomic mass is 16.1. The van der Waals surface area contributed by atoms with Crippen LogP contribution in [0.4, 0.5) is 5.69 Å². The number of hydrogen-bond acceptors (Lipinski definition) is 3. The first-order valence-electron chi connectivity index (χ1n) is 5.72. The number of aryl methyl sites for hydroxylation is 1. The monoisotopic (exact) mass is 244 g/mol. The Kier molecular flexibility index (Phi) is 3.62. The zero-order valence-electron chi connectivity index (χ0n) is 10.3. The van der Waals surface area contributed by atoms with Gasteiger partial charge in [0.15, 0.2) is 0 Å². The van der Waals surface area contributed by atoms with Gasteiger partial charge in [0.2, 0.25) is 5.91 Å². The van der Waals surface area contributed by atoms with Crippen LogP contribution in [0.3, 0.4) is 0 Å². The first-order chi connectivity index (χ1) is 8.63. The normalized spacial score (nSPS) is 10.3. The third kappa shape index (κ3) is 3.35. The lowest BCUT2D eigenvalue weighted by atomic mass is 10.1. The summed E-state index contributed by atoms with van der Waals surface area (Å²) in [6, 6.07) is 7.68. The number of nitrogens with two attached hydrogens (primary N) is 1. The molecule has 2 rings (SSSR count). The minimum absolute atomic E-state index is 0.281. The van der Waals surface area contributed by atoms with E-state index in [0.29, 0.717) is 0 Å². The Labute approximate surface area is 106 Å². The molecule has 0 fully saturated rings. The largest absolute Gasteiger partial charge is 0.381 e. The van der Waals surface area contributed by atoms with E-state index >= 15 is 0 Å². The number of nitrogens with zero attached hydrogens (tertiary/aromatic N) is 2. The van der Waals surface area contributed by atoms with E-state index in [1.54, 1.807) is 4.68 Å². The molecule has 94 valence electrons. The number of carbonyl (C=O) groups excluding carboxylic acids is 1. The predicted molar refractivity (Wildman–Crippen MR) is 69.9 cm³/mol. The van der Waals surface area contributed by atoms with E-state index in [0.717, 1.165) is 23.4 Å². The molecule has 1 heterocycles. The summed E-state index contributed by atoms with van der Waals surface area (Å²) in [5, 5.41) is 7.39. The van der Waals surface area contributed by atoms with Crippen LogP contribution in [0.2, 0.25) is 0 Å². The molecule has 0 unspecified atom stereocenters. The molecule has 0 atom stereocenters. The topological polar surface area (TPSA) is 72.9 Å². The van der Waals surface area contributed by atoms with Gasteiger partial charge in [0.05, 0.1) is 12.6 Å². The quantitative estimate of drug-likeness (QED) is 0.826. The first kappa shape index (κ1) is 12.2. The summed E-state index contributed by atoms with van der Waals surface area (Å²) in [5.74, 6) is -0.314. The lowest BCUT2D eigenvalue weighted by Crippen LogP contribution is -2.13. The zero-order chi connectivity index (χ0) is 13.0. The second-order valence-electron chi connectivity index (χ2n) is 4.22. The van der Waals surface area contributed by atoms with Crippen LogP contribution in [0.5, 0.6) is 0 Å². The molecule has 0 spiro atoms. The van der Waals surface area contributed by atoms with Crippen LogP contribution in [-0.4, -0.2) is 15.7 Å². The standard InChI is InChI=1S/C13H16N4O/c1-17-9-11(8-16-17)7-15-12-4-2-10(3-5-12)6-13(14)18/h2-5,8-9,15H,6-7H2,1H3,(H2,14,18). The lowest BCUT2D eigenvalue weighted by Gasteiger charge is -2.05. The van der Waals surface area contributed by atoms with E-state index in [4.69, 9.17) is 5.73 Å². The van der Waals surface area contributed by atoms with Gasteiger partial charge in [-0.25, -0.2) is 0 Å². The van der Waals surface area contributed by atoms with Crippen molar-refractivity contribution in [2.45, 2.75) is 13.0 Å². The van der Waals surface area contributed by atoms with Crippen molar-refractivity contribution < 1.29 is 4.79 Å². The number of nitrogens with one attached hydrogen (secondary N) is 1. The van der Waals surface area contributed by atoms with Crippen LogP contribution >= 0.6 is 0 Å². The van der Waals surface area contributed by atoms with Crippen molar-refractivity contribution in [3.8, 4) is 0 Å². The second-order valence-corrected chi connectivity index (χ2v) is 4.22. The van der Waals surface area contributed by atoms with Crippen molar-refractivity contribution in [3.63, 3.8) is 0 Å². The first-order valence-corrected chi connectivity index (χ1v) is 5.72. The predicted octanol–water partition coefficient (Wildman–Crippen LogP) is 1.06.